The molecule has 0 aromatic heterocycles. The maximum Gasteiger partial charge on any atom is 0.346 e. The third kappa shape index (κ3) is 2.28. The number of fused-ring (bicyclic) bond motifs is 1. The van der Waals surface area contributed by atoms with Gasteiger partial charge in [-0.05, 0) is 36.3 Å². The van der Waals surface area contributed by atoms with Crippen molar-refractivity contribution in [2.45, 2.75) is 19.4 Å². The molecule has 0 saturated heterocycles. The molecule has 1 aliphatic rings. The summed E-state index contributed by atoms with van der Waals surface area (Å²) in [7, 11) is 0. The van der Waals surface area contributed by atoms with Crippen LogP contribution in [0.1, 0.15) is 18.1 Å². The van der Waals surface area contributed by atoms with Crippen LogP contribution in [0.25, 0.3) is 6.08 Å². The number of hydrogen-bond acceptors (Lipinski definition) is 3. The Morgan fingerprint density at radius 3 is 3.06 bits per heavy atom. The van der Waals surface area contributed by atoms with E-state index in [9.17, 15) is 4.79 Å². The van der Waals surface area contributed by atoms with E-state index in [4.69, 9.17) is 15.1 Å². The second-order valence-electron chi connectivity index (χ2n) is 3.97. The molecule has 1 heterocycles. The minimum absolute atomic E-state index is 0.152. The summed E-state index contributed by atoms with van der Waals surface area (Å²) in [5, 5.41) is 17.4. The lowest BCUT2D eigenvalue weighted by atomic mass is 10.1. The molecule has 17 heavy (non-hydrogen) atoms. The smallest absolute Gasteiger partial charge is 0.346 e. The fourth-order valence-electron chi connectivity index (χ4n) is 1.84. The van der Waals surface area contributed by atoms with Crippen molar-refractivity contribution in [1.29, 1.82) is 5.26 Å². The Bertz CT molecular complexity index is 540. The number of ether oxygens (including phenoxy) is 1. The maximum absolute atomic E-state index is 10.7. The number of aliphatic carboxylic acids is 1. The van der Waals surface area contributed by atoms with E-state index < -0.39 is 5.97 Å². The molecule has 2 rings (SSSR count). The van der Waals surface area contributed by atoms with Crippen molar-refractivity contribution < 1.29 is 14.6 Å². The van der Waals surface area contributed by atoms with Crippen LogP contribution >= 0.6 is 0 Å². The summed E-state index contributed by atoms with van der Waals surface area (Å²) in [4.78, 5) is 10.7. The first-order chi connectivity index (χ1) is 8.10. The van der Waals surface area contributed by atoms with Crippen molar-refractivity contribution in [3.05, 3.63) is 34.9 Å². The molecule has 86 valence electrons. The van der Waals surface area contributed by atoms with Gasteiger partial charge in [0.2, 0.25) is 0 Å². The van der Waals surface area contributed by atoms with E-state index >= 15 is 0 Å². The standard InChI is InChI=1S/C13H11NO3/c1-8-4-10-5-9(2-3-12(10)17-8)6-11(7-14)13(15)16/h2-3,5-6,8H,4H2,1H3,(H,15,16). The van der Waals surface area contributed by atoms with Crippen molar-refractivity contribution in [3.63, 3.8) is 0 Å². The molecule has 0 bridgehead atoms. The van der Waals surface area contributed by atoms with Crippen molar-refractivity contribution in [1.82, 2.24) is 0 Å². The minimum Gasteiger partial charge on any atom is -0.490 e. The summed E-state index contributed by atoms with van der Waals surface area (Å²) < 4.78 is 5.54. The van der Waals surface area contributed by atoms with Crippen molar-refractivity contribution >= 4 is 12.0 Å². The Hall–Kier alpha value is -2.28. The summed E-state index contributed by atoms with van der Waals surface area (Å²) in [5.41, 5.74) is 1.49. The molecule has 1 aliphatic heterocycles. The SMILES string of the molecule is CC1Cc2cc(C=C(C#N)C(=O)O)ccc2O1. The van der Waals surface area contributed by atoms with E-state index in [1.54, 1.807) is 12.1 Å². The van der Waals surface area contributed by atoms with Crippen LogP contribution in [0.4, 0.5) is 0 Å². The number of hydrogen-bond donors (Lipinski definition) is 1. The summed E-state index contributed by atoms with van der Waals surface area (Å²) in [6.07, 6.45) is 2.33. The number of nitrogens with zero attached hydrogens (tertiary/aromatic N) is 1. The van der Waals surface area contributed by atoms with Gasteiger partial charge in [0.25, 0.3) is 0 Å². The highest BCUT2D eigenvalue weighted by atomic mass is 16.5. The van der Waals surface area contributed by atoms with Gasteiger partial charge in [-0.25, -0.2) is 4.79 Å². The lowest BCUT2D eigenvalue weighted by molar-refractivity contribution is -0.132. The minimum atomic E-state index is -1.21. The molecule has 1 atom stereocenters. The predicted molar refractivity (Wildman–Crippen MR) is 61.5 cm³/mol. The molecule has 0 aliphatic carbocycles. The van der Waals surface area contributed by atoms with E-state index in [1.165, 1.54) is 6.08 Å². The number of carboxylic acids is 1. The van der Waals surface area contributed by atoms with Crippen molar-refractivity contribution in [2.24, 2.45) is 0 Å². The highest BCUT2D eigenvalue weighted by Gasteiger charge is 2.18. The van der Waals surface area contributed by atoms with Gasteiger partial charge in [0.05, 0.1) is 0 Å². The maximum atomic E-state index is 10.7. The molecule has 1 aromatic carbocycles. The Kier molecular flexibility index (Phi) is 2.84. The van der Waals surface area contributed by atoms with Gasteiger partial charge in [0, 0.05) is 6.42 Å². The number of carboxylic acid groups (broad SMARTS) is 1. The topological polar surface area (TPSA) is 70.3 Å². The molecule has 4 nitrogen and oxygen atoms in total. The van der Waals surface area contributed by atoms with Gasteiger partial charge in [-0.15, -0.1) is 0 Å². The molecular weight excluding hydrogens is 218 g/mol. The van der Waals surface area contributed by atoms with Crippen LogP contribution in [0.3, 0.4) is 0 Å². The third-order valence-corrected chi connectivity index (χ3v) is 2.58. The average molecular weight is 229 g/mol. The molecule has 1 N–H and O–H groups in total. The van der Waals surface area contributed by atoms with E-state index in [0.717, 1.165) is 17.7 Å². The van der Waals surface area contributed by atoms with Crippen LogP contribution in [0, 0.1) is 11.3 Å². The lowest BCUT2D eigenvalue weighted by Crippen LogP contribution is -2.05. The number of rotatable bonds is 2. The average Bonchev–Trinajstić information content (AvgIpc) is 2.64. The summed E-state index contributed by atoms with van der Waals surface area (Å²) >= 11 is 0. The fraction of sp³-hybridized carbons (Fsp3) is 0.231. The van der Waals surface area contributed by atoms with Gasteiger partial charge in [0.15, 0.2) is 0 Å². The first-order valence-electron chi connectivity index (χ1n) is 5.25. The monoisotopic (exact) mass is 229 g/mol. The molecule has 0 fully saturated rings. The van der Waals surface area contributed by atoms with Crippen LogP contribution in [-0.2, 0) is 11.2 Å². The normalized spacial score (nSPS) is 18.1. The summed E-state index contributed by atoms with van der Waals surface area (Å²) in [6, 6.07) is 7.07. The third-order valence-electron chi connectivity index (χ3n) is 2.58. The van der Waals surface area contributed by atoms with Crippen molar-refractivity contribution in [3.8, 4) is 11.8 Å². The molecule has 0 spiro atoms. The van der Waals surface area contributed by atoms with E-state index in [2.05, 4.69) is 0 Å². The van der Waals surface area contributed by atoms with Crippen molar-refractivity contribution in [2.75, 3.05) is 0 Å². The molecular formula is C13H11NO3. The van der Waals surface area contributed by atoms with Gasteiger partial charge >= 0.3 is 5.97 Å². The first kappa shape index (κ1) is 11.2. The second kappa shape index (κ2) is 4.30. The number of carbonyl (C=O) groups is 1. The van der Waals surface area contributed by atoms with Crippen LogP contribution in [0.5, 0.6) is 5.75 Å². The molecule has 4 heteroatoms. The predicted octanol–water partition coefficient (Wildman–Crippen LogP) is 2.00. The van der Waals surface area contributed by atoms with Gasteiger partial charge in [0.1, 0.15) is 23.5 Å². The molecule has 0 amide bonds. The van der Waals surface area contributed by atoms with Crippen LogP contribution in [-0.4, -0.2) is 17.2 Å². The highest BCUT2D eigenvalue weighted by Crippen LogP contribution is 2.29. The molecule has 0 saturated carbocycles. The van der Waals surface area contributed by atoms with Crippen LogP contribution in [0.15, 0.2) is 23.8 Å². The Labute approximate surface area is 98.8 Å². The zero-order chi connectivity index (χ0) is 12.4. The molecule has 1 unspecified atom stereocenters. The van der Waals surface area contributed by atoms with Gasteiger partial charge in [-0.2, -0.15) is 5.26 Å². The van der Waals surface area contributed by atoms with Crippen LogP contribution in [0.2, 0.25) is 0 Å². The number of benzene rings is 1. The Morgan fingerprint density at radius 1 is 1.65 bits per heavy atom. The summed E-state index contributed by atoms with van der Waals surface area (Å²) in [5.74, 6) is -0.374. The second-order valence-corrected chi connectivity index (χ2v) is 3.97. The zero-order valence-corrected chi connectivity index (χ0v) is 9.30. The van der Waals surface area contributed by atoms with Gasteiger partial charge < -0.3 is 9.84 Å². The summed E-state index contributed by atoms with van der Waals surface area (Å²) in [6.45, 7) is 1.98. The zero-order valence-electron chi connectivity index (χ0n) is 9.30. The first-order valence-corrected chi connectivity index (χ1v) is 5.25. The van der Waals surface area contributed by atoms with E-state index in [0.29, 0.717) is 5.56 Å². The highest BCUT2D eigenvalue weighted by molar-refractivity contribution is 5.96. The Morgan fingerprint density at radius 2 is 2.41 bits per heavy atom. The number of nitriles is 1. The van der Waals surface area contributed by atoms with E-state index in [-0.39, 0.29) is 11.7 Å². The van der Waals surface area contributed by atoms with Crippen LogP contribution < -0.4 is 4.74 Å². The van der Waals surface area contributed by atoms with E-state index in [1.807, 2.05) is 19.1 Å². The quantitative estimate of drug-likeness (QED) is 0.622. The van der Waals surface area contributed by atoms with Gasteiger partial charge in [-0.1, -0.05) is 6.07 Å². The molecule has 0 radical (unpaired) electrons. The molecule has 1 aromatic rings. The largest absolute Gasteiger partial charge is 0.490 e. The lowest BCUT2D eigenvalue weighted by Gasteiger charge is -2.02. The Balaban J connectivity index is 2.34. The fourth-order valence-corrected chi connectivity index (χ4v) is 1.84. The van der Waals surface area contributed by atoms with Gasteiger partial charge in [-0.3, -0.25) is 0 Å².